The molecule has 24 heavy (non-hydrogen) atoms. The fourth-order valence-electron chi connectivity index (χ4n) is 2.96. The number of piperazine rings is 1. The van der Waals surface area contributed by atoms with Gasteiger partial charge >= 0.3 is 0 Å². The maximum Gasteiger partial charge on any atom is 0.209 e. The van der Waals surface area contributed by atoms with E-state index < -0.39 is 0 Å². The summed E-state index contributed by atoms with van der Waals surface area (Å²) < 4.78 is 0. The SMILES string of the molecule is O=CN1CCN(c2ccccc2NCCc2ccc(Cl)cc2)CC1. The highest BCUT2D eigenvalue weighted by Crippen LogP contribution is 2.26. The molecule has 1 heterocycles. The van der Waals surface area contributed by atoms with Gasteiger partial charge in [-0.3, -0.25) is 4.79 Å². The Morgan fingerprint density at radius 2 is 1.71 bits per heavy atom. The zero-order chi connectivity index (χ0) is 16.8. The van der Waals surface area contributed by atoms with Crippen molar-refractivity contribution in [2.45, 2.75) is 6.42 Å². The summed E-state index contributed by atoms with van der Waals surface area (Å²) in [6.45, 7) is 4.17. The van der Waals surface area contributed by atoms with Gasteiger partial charge in [-0.25, -0.2) is 0 Å². The van der Waals surface area contributed by atoms with Gasteiger partial charge in [-0.05, 0) is 36.2 Å². The lowest BCUT2D eigenvalue weighted by molar-refractivity contribution is -0.118. The zero-order valence-electron chi connectivity index (χ0n) is 13.6. The minimum Gasteiger partial charge on any atom is -0.383 e. The quantitative estimate of drug-likeness (QED) is 0.818. The molecule has 0 aromatic heterocycles. The van der Waals surface area contributed by atoms with Gasteiger partial charge in [0, 0.05) is 37.7 Å². The highest BCUT2D eigenvalue weighted by Gasteiger charge is 2.17. The number of carbonyl (C=O) groups is 1. The Kier molecular flexibility index (Phi) is 5.59. The lowest BCUT2D eigenvalue weighted by Gasteiger charge is -2.35. The molecule has 2 aromatic carbocycles. The minimum absolute atomic E-state index is 0.770. The van der Waals surface area contributed by atoms with E-state index in [1.807, 2.05) is 17.0 Å². The van der Waals surface area contributed by atoms with Crippen molar-refractivity contribution in [1.29, 1.82) is 0 Å². The summed E-state index contributed by atoms with van der Waals surface area (Å²) in [5.41, 5.74) is 3.62. The molecule has 1 aliphatic heterocycles. The molecule has 4 nitrogen and oxygen atoms in total. The van der Waals surface area contributed by atoms with Crippen molar-refractivity contribution in [3.8, 4) is 0 Å². The van der Waals surface area contributed by atoms with E-state index in [0.717, 1.165) is 56.3 Å². The number of nitrogens with zero attached hydrogens (tertiary/aromatic N) is 2. The molecule has 1 N–H and O–H groups in total. The van der Waals surface area contributed by atoms with Gasteiger partial charge in [-0.15, -0.1) is 0 Å². The van der Waals surface area contributed by atoms with E-state index in [4.69, 9.17) is 11.6 Å². The number of halogens is 1. The molecule has 0 spiro atoms. The summed E-state index contributed by atoms with van der Waals surface area (Å²) in [6.07, 6.45) is 1.89. The van der Waals surface area contributed by atoms with Crippen molar-refractivity contribution < 1.29 is 4.79 Å². The molecule has 5 heteroatoms. The van der Waals surface area contributed by atoms with Crippen LogP contribution in [0.4, 0.5) is 11.4 Å². The monoisotopic (exact) mass is 343 g/mol. The molecule has 3 rings (SSSR count). The molecule has 0 unspecified atom stereocenters. The zero-order valence-corrected chi connectivity index (χ0v) is 14.4. The van der Waals surface area contributed by atoms with Gasteiger partial charge in [0.25, 0.3) is 0 Å². The predicted molar refractivity (Wildman–Crippen MR) is 99.9 cm³/mol. The maximum atomic E-state index is 10.9. The molecular formula is C19H22ClN3O. The molecule has 2 aromatic rings. The van der Waals surface area contributed by atoms with Crippen LogP contribution in [0.25, 0.3) is 0 Å². The third kappa shape index (κ3) is 4.20. The van der Waals surface area contributed by atoms with E-state index in [2.05, 4.69) is 46.6 Å². The first-order valence-electron chi connectivity index (χ1n) is 8.28. The number of anilines is 2. The molecule has 0 bridgehead atoms. The van der Waals surface area contributed by atoms with Crippen molar-refractivity contribution in [2.75, 3.05) is 42.9 Å². The largest absolute Gasteiger partial charge is 0.383 e. The lowest BCUT2D eigenvalue weighted by atomic mass is 10.1. The van der Waals surface area contributed by atoms with Crippen LogP contribution in [0, 0.1) is 0 Å². The highest BCUT2D eigenvalue weighted by molar-refractivity contribution is 6.30. The van der Waals surface area contributed by atoms with Crippen molar-refractivity contribution in [2.24, 2.45) is 0 Å². The third-order valence-corrected chi connectivity index (χ3v) is 4.60. The standard InChI is InChI=1S/C19H22ClN3O/c20-17-7-5-16(6-8-17)9-10-21-18-3-1-2-4-19(18)23-13-11-22(15-24)12-14-23/h1-8,15,21H,9-14H2. The number of nitrogens with one attached hydrogen (secondary N) is 1. The highest BCUT2D eigenvalue weighted by atomic mass is 35.5. The van der Waals surface area contributed by atoms with Crippen LogP contribution in [-0.2, 0) is 11.2 Å². The first-order valence-corrected chi connectivity index (χ1v) is 8.66. The fraction of sp³-hybridized carbons (Fsp3) is 0.316. The van der Waals surface area contributed by atoms with Crippen LogP contribution in [0.5, 0.6) is 0 Å². The summed E-state index contributed by atoms with van der Waals surface area (Å²) in [5.74, 6) is 0. The summed E-state index contributed by atoms with van der Waals surface area (Å²) in [6, 6.07) is 16.4. The first-order chi connectivity index (χ1) is 11.8. The van der Waals surface area contributed by atoms with Gasteiger partial charge in [0.15, 0.2) is 0 Å². The summed E-state index contributed by atoms with van der Waals surface area (Å²) >= 11 is 5.92. The van der Waals surface area contributed by atoms with Crippen LogP contribution in [-0.4, -0.2) is 44.0 Å². The van der Waals surface area contributed by atoms with E-state index in [1.54, 1.807) is 0 Å². The van der Waals surface area contributed by atoms with Gasteiger partial charge in [0.05, 0.1) is 11.4 Å². The smallest absolute Gasteiger partial charge is 0.209 e. The number of hydrogen-bond acceptors (Lipinski definition) is 3. The molecule has 1 aliphatic rings. The average molecular weight is 344 g/mol. The number of hydrogen-bond donors (Lipinski definition) is 1. The van der Waals surface area contributed by atoms with E-state index in [0.29, 0.717) is 0 Å². The van der Waals surface area contributed by atoms with Crippen LogP contribution < -0.4 is 10.2 Å². The van der Waals surface area contributed by atoms with Gasteiger partial charge in [0.1, 0.15) is 0 Å². The second kappa shape index (κ2) is 8.06. The van der Waals surface area contributed by atoms with Crippen molar-refractivity contribution >= 4 is 29.4 Å². The third-order valence-electron chi connectivity index (χ3n) is 4.35. The summed E-state index contributed by atoms with van der Waals surface area (Å²) in [4.78, 5) is 15.0. The topological polar surface area (TPSA) is 35.6 Å². The van der Waals surface area contributed by atoms with Gasteiger partial charge < -0.3 is 15.1 Å². The van der Waals surface area contributed by atoms with Gasteiger partial charge in [0.2, 0.25) is 6.41 Å². The molecule has 0 aliphatic carbocycles. The second-order valence-electron chi connectivity index (χ2n) is 5.95. The molecule has 126 valence electrons. The molecule has 0 radical (unpaired) electrons. The van der Waals surface area contributed by atoms with E-state index in [1.165, 1.54) is 11.3 Å². The number of carbonyl (C=O) groups excluding carboxylic acids is 1. The van der Waals surface area contributed by atoms with Crippen molar-refractivity contribution in [3.05, 3.63) is 59.1 Å². The molecular weight excluding hydrogens is 322 g/mol. The van der Waals surface area contributed by atoms with Crippen LogP contribution in [0.1, 0.15) is 5.56 Å². The van der Waals surface area contributed by atoms with Gasteiger partial charge in [-0.2, -0.15) is 0 Å². The van der Waals surface area contributed by atoms with Crippen LogP contribution in [0.2, 0.25) is 5.02 Å². The maximum absolute atomic E-state index is 10.9. The first kappa shape index (κ1) is 16.7. The fourth-order valence-corrected chi connectivity index (χ4v) is 3.09. The van der Waals surface area contributed by atoms with Gasteiger partial charge in [-0.1, -0.05) is 35.9 Å². The Morgan fingerprint density at radius 3 is 2.42 bits per heavy atom. The number of amides is 1. The summed E-state index contributed by atoms with van der Waals surface area (Å²) in [5, 5.41) is 4.31. The molecule has 1 fully saturated rings. The number of para-hydroxylation sites is 2. The predicted octanol–water partition coefficient (Wildman–Crippen LogP) is 3.27. The Morgan fingerprint density at radius 1 is 1.00 bits per heavy atom. The average Bonchev–Trinajstić information content (AvgIpc) is 2.64. The normalized spacial score (nSPS) is 14.5. The van der Waals surface area contributed by atoms with E-state index in [9.17, 15) is 4.79 Å². The van der Waals surface area contributed by atoms with Crippen molar-refractivity contribution in [3.63, 3.8) is 0 Å². The van der Waals surface area contributed by atoms with E-state index >= 15 is 0 Å². The summed E-state index contributed by atoms with van der Waals surface area (Å²) in [7, 11) is 0. The number of rotatable bonds is 6. The Hall–Kier alpha value is -2.20. The van der Waals surface area contributed by atoms with E-state index in [-0.39, 0.29) is 0 Å². The number of benzene rings is 2. The Balaban J connectivity index is 1.60. The van der Waals surface area contributed by atoms with Crippen LogP contribution in [0.15, 0.2) is 48.5 Å². The van der Waals surface area contributed by atoms with Crippen LogP contribution >= 0.6 is 11.6 Å². The molecule has 1 saturated heterocycles. The molecule has 0 atom stereocenters. The minimum atomic E-state index is 0.770. The van der Waals surface area contributed by atoms with Crippen molar-refractivity contribution in [1.82, 2.24) is 4.90 Å². The Bertz CT molecular complexity index is 667. The Labute approximate surface area is 148 Å². The molecule has 0 saturated carbocycles. The molecule has 1 amide bonds. The lowest BCUT2D eigenvalue weighted by Crippen LogP contribution is -2.45. The second-order valence-corrected chi connectivity index (χ2v) is 6.39. The van der Waals surface area contributed by atoms with Crippen LogP contribution in [0.3, 0.4) is 0 Å².